The summed E-state index contributed by atoms with van der Waals surface area (Å²) in [5.74, 6) is -5.66. The Kier molecular flexibility index (Phi) is 10.9. The summed E-state index contributed by atoms with van der Waals surface area (Å²) in [6.45, 7) is 0.956. The van der Waals surface area contributed by atoms with E-state index >= 15 is 0 Å². The first kappa shape index (κ1) is 29.4. The van der Waals surface area contributed by atoms with E-state index < -0.39 is 29.6 Å². The van der Waals surface area contributed by atoms with Crippen LogP contribution in [0.5, 0.6) is 0 Å². The number of nitrogens with two attached hydrogens (primary N) is 2. The number of Topliss-reactive ketones (excluding diaryl/α,β-unsaturated/α-hetero) is 1. The normalized spacial score (nSPS) is 14.8. The molecule has 2 aromatic carbocycles. The quantitative estimate of drug-likeness (QED) is 0.116. The first-order chi connectivity index (χ1) is 18.3. The lowest BCUT2D eigenvalue weighted by molar-refractivity contribution is -0.240. The average Bonchev–Trinajstić information content (AvgIpc) is 3.23. The summed E-state index contributed by atoms with van der Waals surface area (Å²) in [7, 11) is 0. The molecule has 38 heavy (non-hydrogen) atoms. The van der Waals surface area contributed by atoms with Crippen LogP contribution in [-0.4, -0.2) is 87.5 Å². The Morgan fingerprint density at radius 3 is 1.97 bits per heavy atom. The first-order valence-corrected chi connectivity index (χ1v) is 12.3. The molecule has 0 heterocycles. The number of carboxylic acids is 1. The molecule has 0 aromatic heterocycles. The summed E-state index contributed by atoms with van der Waals surface area (Å²) in [6, 6.07) is 14.9. The molecular weight excluding hydrogens is 496 g/mol. The number of fused-ring (bicyclic) bond motifs is 3. The van der Waals surface area contributed by atoms with Crippen molar-refractivity contribution >= 4 is 17.7 Å². The van der Waals surface area contributed by atoms with E-state index in [-0.39, 0.29) is 52.2 Å². The first-order valence-electron chi connectivity index (χ1n) is 12.3. The molecule has 2 aromatic rings. The Balaban J connectivity index is 1.44. The molecule has 11 heteroatoms. The van der Waals surface area contributed by atoms with Gasteiger partial charge in [-0.3, -0.25) is 9.59 Å². The molecule has 0 saturated heterocycles. The third-order valence-electron chi connectivity index (χ3n) is 6.03. The summed E-state index contributed by atoms with van der Waals surface area (Å²) >= 11 is 0. The Labute approximate surface area is 220 Å². The highest BCUT2D eigenvalue weighted by Gasteiger charge is 2.46. The van der Waals surface area contributed by atoms with Gasteiger partial charge in [-0.15, -0.1) is 0 Å². The van der Waals surface area contributed by atoms with Crippen molar-refractivity contribution in [2.24, 2.45) is 11.5 Å². The molecule has 0 aliphatic heterocycles. The van der Waals surface area contributed by atoms with Gasteiger partial charge < -0.3 is 40.3 Å². The zero-order valence-corrected chi connectivity index (χ0v) is 21.3. The molecule has 0 fully saturated rings. The van der Waals surface area contributed by atoms with Gasteiger partial charge in [-0.1, -0.05) is 48.5 Å². The van der Waals surface area contributed by atoms with Gasteiger partial charge in [-0.05, 0) is 22.3 Å². The van der Waals surface area contributed by atoms with E-state index in [0.717, 1.165) is 29.2 Å². The van der Waals surface area contributed by atoms with Crippen molar-refractivity contribution in [3.63, 3.8) is 0 Å². The molecule has 0 amide bonds. The number of aliphatic carboxylic acids is 1. The third-order valence-corrected chi connectivity index (χ3v) is 6.03. The highest BCUT2D eigenvalue weighted by Crippen LogP contribution is 2.44. The molecule has 2 atom stereocenters. The van der Waals surface area contributed by atoms with E-state index in [9.17, 15) is 19.5 Å². The number of ether oxygens (including phenoxy) is 5. The molecule has 0 saturated carbocycles. The maximum atomic E-state index is 12.5. The van der Waals surface area contributed by atoms with Crippen LogP contribution in [0.4, 0.5) is 0 Å². The van der Waals surface area contributed by atoms with Gasteiger partial charge in [0.2, 0.25) is 5.78 Å². The second-order valence-electron chi connectivity index (χ2n) is 8.61. The van der Waals surface area contributed by atoms with E-state index in [4.69, 9.17) is 35.2 Å². The van der Waals surface area contributed by atoms with Crippen molar-refractivity contribution in [2.45, 2.75) is 24.7 Å². The van der Waals surface area contributed by atoms with Crippen molar-refractivity contribution in [1.82, 2.24) is 0 Å². The Bertz CT molecular complexity index is 1050. The van der Waals surface area contributed by atoms with Crippen molar-refractivity contribution in [3.05, 3.63) is 59.7 Å². The van der Waals surface area contributed by atoms with Crippen LogP contribution in [0.2, 0.25) is 0 Å². The number of hydrogen-bond donors (Lipinski definition) is 3. The average molecular weight is 531 g/mol. The number of rotatable bonds is 17. The van der Waals surface area contributed by atoms with Gasteiger partial charge in [0.15, 0.2) is 0 Å². The number of carboxylic acid groups (broad SMARTS) is 1. The van der Waals surface area contributed by atoms with Gasteiger partial charge in [0, 0.05) is 19.4 Å². The van der Waals surface area contributed by atoms with E-state index in [0.29, 0.717) is 6.54 Å². The predicted octanol–water partition coefficient (Wildman–Crippen LogP) is 1.06. The van der Waals surface area contributed by atoms with Crippen LogP contribution in [0, 0.1) is 0 Å². The highest BCUT2D eigenvalue weighted by molar-refractivity contribution is 6.03. The highest BCUT2D eigenvalue weighted by atomic mass is 16.7. The van der Waals surface area contributed by atoms with Gasteiger partial charge >= 0.3 is 17.7 Å². The number of benzene rings is 2. The molecular formula is C27H34N2O9. The number of carbonyl (C=O) groups excluding carboxylic acids is 2. The van der Waals surface area contributed by atoms with Crippen LogP contribution in [0.3, 0.4) is 0 Å². The molecule has 0 spiro atoms. The molecule has 5 N–H and O–H groups in total. The van der Waals surface area contributed by atoms with Crippen LogP contribution in [0.1, 0.15) is 24.0 Å². The molecule has 0 bridgehead atoms. The Hall–Kier alpha value is -3.19. The van der Waals surface area contributed by atoms with E-state index in [1.165, 1.54) is 0 Å². The molecule has 1 aliphatic carbocycles. The largest absolute Gasteiger partial charge is 0.477 e. The fourth-order valence-corrected chi connectivity index (χ4v) is 4.18. The van der Waals surface area contributed by atoms with Gasteiger partial charge in [0.25, 0.3) is 0 Å². The summed E-state index contributed by atoms with van der Waals surface area (Å²) in [6.07, 6.45) is 0. The smallest absolute Gasteiger partial charge is 0.372 e. The third kappa shape index (κ3) is 7.01. The zero-order valence-electron chi connectivity index (χ0n) is 21.3. The maximum Gasteiger partial charge on any atom is 0.372 e. The predicted molar refractivity (Wildman–Crippen MR) is 136 cm³/mol. The molecule has 206 valence electrons. The molecule has 11 nitrogen and oxygen atoms in total. The lowest BCUT2D eigenvalue weighted by Gasteiger charge is -2.27. The number of hydrogen-bond acceptors (Lipinski definition) is 10. The van der Waals surface area contributed by atoms with Crippen LogP contribution in [0.15, 0.2) is 48.5 Å². The van der Waals surface area contributed by atoms with Crippen LogP contribution >= 0.6 is 0 Å². The van der Waals surface area contributed by atoms with E-state index in [2.05, 4.69) is 0 Å². The fraction of sp³-hybridized carbons (Fsp3) is 0.444. The number of ketones is 1. The molecule has 2 unspecified atom stereocenters. The topological polar surface area (TPSA) is 170 Å². The maximum absolute atomic E-state index is 12.5. The van der Waals surface area contributed by atoms with E-state index in [1.807, 2.05) is 48.5 Å². The Morgan fingerprint density at radius 2 is 1.45 bits per heavy atom. The van der Waals surface area contributed by atoms with Crippen molar-refractivity contribution in [1.29, 1.82) is 0 Å². The van der Waals surface area contributed by atoms with Crippen molar-refractivity contribution in [3.8, 4) is 11.1 Å². The monoisotopic (exact) mass is 530 g/mol. The molecule has 1 aliphatic rings. The lowest BCUT2D eigenvalue weighted by atomic mass is 9.98. The standard InChI is InChI=1S/C27H34N2O9/c1-18(30)27(26(32)33,37-14-12-34-11-10-28)38-15-13-35-17-24(29)25(31)36-16-23-21-8-4-2-6-19(21)20-7-3-5-9-22(20)23/h2-9,23-24H,10-17,28-29H2,1H3,(H,32,33). The van der Waals surface area contributed by atoms with Crippen LogP contribution < -0.4 is 11.5 Å². The summed E-state index contributed by atoms with van der Waals surface area (Å²) in [5.41, 5.74) is 15.7. The summed E-state index contributed by atoms with van der Waals surface area (Å²) in [5, 5.41) is 9.53. The zero-order chi connectivity index (χ0) is 27.5. The van der Waals surface area contributed by atoms with Crippen molar-refractivity contribution < 1.29 is 43.2 Å². The van der Waals surface area contributed by atoms with Gasteiger partial charge in [0.05, 0.1) is 39.6 Å². The minimum Gasteiger partial charge on any atom is -0.477 e. The molecule has 0 radical (unpaired) electrons. The minimum absolute atomic E-state index is 0.0361. The minimum atomic E-state index is -2.50. The van der Waals surface area contributed by atoms with Gasteiger partial charge in [-0.25, -0.2) is 4.79 Å². The Morgan fingerprint density at radius 1 is 0.895 bits per heavy atom. The number of esters is 1. The second-order valence-corrected chi connectivity index (χ2v) is 8.61. The SMILES string of the molecule is CC(=O)C(OCCOCCN)(OCCOCC(N)C(=O)OCC1c2ccccc2-c2ccccc21)C(=O)O. The van der Waals surface area contributed by atoms with Crippen molar-refractivity contribution in [2.75, 3.05) is 52.8 Å². The fourth-order valence-electron chi connectivity index (χ4n) is 4.18. The molecule has 3 rings (SSSR count). The van der Waals surface area contributed by atoms with E-state index in [1.54, 1.807) is 0 Å². The van der Waals surface area contributed by atoms with Crippen LogP contribution in [0.25, 0.3) is 11.1 Å². The summed E-state index contributed by atoms with van der Waals surface area (Å²) in [4.78, 5) is 36.2. The van der Waals surface area contributed by atoms with Gasteiger partial charge in [0.1, 0.15) is 12.6 Å². The number of carbonyl (C=O) groups is 3. The second kappa shape index (κ2) is 14.1. The van der Waals surface area contributed by atoms with Crippen LogP contribution in [-0.2, 0) is 38.1 Å². The summed E-state index contributed by atoms with van der Waals surface area (Å²) < 4.78 is 26.5. The lowest BCUT2D eigenvalue weighted by Crippen LogP contribution is -2.51. The van der Waals surface area contributed by atoms with Gasteiger partial charge in [-0.2, -0.15) is 0 Å².